The van der Waals surface area contributed by atoms with Crippen LogP contribution in [0.15, 0.2) is 17.0 Å². The van der Waals surface area contributed by atoms with Gasteiger partial charge in [0.1, 0.15) is 5.82 Å². The Hall–Kier alpha value is -1.93. The van der Waals surface area contributed by atoms with Crippen molar-refractivity contribution in [1.29, 1.82) is 0 Å². The van der Waals surface area contributed by atoms with Crippen LogP contribution in [0.4, 0.5) is 0 Å². The van der Waals surface area contributed by atoms with Crippen LogP contribution >= 0.6 is 0 Å². The number of fused-ring (bicyclic) bond motifs is 3. The van der Waals surface area contributed by atoms with Gasteiger partial charge in [-0.3, -0.25) is 0 Å². The van der Waals surface area contributed by atoms with Crippen LogP contribution in [-0.4, -0.2) is 41.8 Å². The van der Waals surface area contributed by atoms with E-state index in [9.17, 15) is 18.3 Å². The van der Waals surface area contributed by atoms with Gasteiger partial charge in [0, 0.05) is 19.3 Å². The van der Waals surface area contributed by atoms with Gasteiger partial charge in [-0.25, -0.2) is 18.2 Å². The molecule has 1 atom stereocenters. The van der Waals surface area contributed by atoms with Gasteiger partial charge in [0.05, 0.1) is 27.0 Å². The maximum Gasteiger partial charge on any atom is 0.337 e. The summed E-state index contributed by atoms with van der Waals surface area (Å²) in [6, 6.07) is 2.80. The molecule has 1 aliphatic rings. The largest absolute Gasteiger partial charge is 0.478 e. The molecule has 0 fully saturated rings. The van der Waals surface area contributed by atoms with Crippen molar-refractivity contribution >= 4 is 26.8 Å². The van der Waals surface area contributed by atoms with Crippen LogP contribution in [0, 0.1) is 5.92 Å². The Labute approximate surface area is 140 Å². The van der Waals surface area contributed by atoms with Crippen molar-refractivity contribution in [2.45, 2.75) is 37.8 Å². The molecule has 24 heavy (non-hydrogen) atoms. The smallest absolute Gasteiger partial charge is 0.337 e. The highest BCUT2D eigenvalue weighted by atomic mass is 32.2. The molecule has 8 heteroatoms. The van der Waals surface area contributed by atoms with Crippen molar-refractivity contribution in [2.75, 3.05) is 12.8 Å². The van der Waals surface area contributed by atoms with E-state index in [0.29, 0.717) is 17.6 Å². The van der Waals surface area contributed by atoms with E-state index in [-0.39, 0.29) is 21.9 Å². The lowest BCUT2D eigenvalue weighted by atomic mass is 9.86. The monoisotopic (exact) mass is 351 g/mol. The number of carbonyl (C=O) groups is 1. The van der Waals surface area contributed by atoms with Crippen LogP contribution < -0.4 is 5.32 Å². The number of rotatable bonds is 3. The molecule has 0 saturated carbocycles. The first-order chi connectivity index (χ1) is 11.1. The molecule has 7 nitrogen and oxygen atoms in total. The van der Waals surface area contributed by atoms with Crippen molar-refractivity contribution in [2.24, 2.45) is 5.92 Å². The summed E-state index contributed by atoms with van der Waals surface area (Å²) >= 11 is 0. The van der Waals surface area contributed by atoms with E-state index in [1.165, 1.54) is 12.1 Å². The van der Waals surface area contributed by atoms with Gasteiger partial charge >= 0.3 is 5.97 Å². The molecule has 1 aliphatic heterocycles. The molecular formula is C16H21N3O4S. The second-order valence-electron chi connectivity index (χ2n) is 6.79. The van der Waals surface area contributed by atoms with E-state index in [0.717, 1.165) is 18.6 Å². The first kappa shape index (κ1) is 16.9. The molecule has 1 aromatic heterocycles. The minimum Gasteiger partial charge on any atom is -0.478 e. The minimum atomic E-state index is -3.66. The highest BCUT2D eigenvalue weighted by Gasteiger charge is 2.38. The zero-order chi connectivity index (χ0) is 17.9. The third-order valence-corrected chi connectivity index (χ3v) is 6.06. The number of benzene rings is 1. The molecule has 2 N–H and O–H groups in total. The third kappa shape index (κ3) is 2.41. The van der Waals surface area contributed by atoms with Gasteiger partial charge in [0.2, 0.25) is 0 Å². The Morgan fingerprint density at radius 1 is 1.42 bits per heavy atom. The van der Waals surface area contributed by atoms with Crippen LogP contribution in [0.2, 0.25) is 0 Å². The summed E-state index contributed by atoms with van der Waals surface area (Å²) in [4.78, 5) is 15.9. The Morgan fingerprint density at radius 3 is 2.62 bits per heavy atom. The Kier molecular flexibility index (Phi) is 3.72. The number of carboxylic acids is 1. The highest BCUT2D eigenvalue weighted by Crippen LogP contribution is 2.35. The fraction of sp³-hybridized carbons (Fsp3) is 0.500. The van der Waals surface area contributed by atoms with Gasteiger partial charge in [-0.2, -0.15) is 0 Å². The lowest BCUT2D eigenvalue weighted by Gasteiger charge is -2.38. The first-order valence-electron chi connectivity index (χ1n) is 7.79. The highest BCUT2D eigenvalue weighted by molar-refractivity contribution is 7.90. The maximum atomic E-state index is 12.0. The van der Waals surface area contributed by atoms with E-state index < -0.39 is 15.8 Å². The van der Waals surface area contributed by atoms with E-state index in [1.54, 1.807) is 0 Å². The van der Waals surface area contributed by atoms with Crippen LogP contribution in [-0.2, 0) is 21.9 Å². The van der Waals surface area contributed by atoms with E-state index in [1.807, 2.05) is 4.57 Å². The summed E-state index contributed by atoms with van der Waals surface area (Å²) in [6.45, 7) is 7.63. The maximum absolute atomic E-state index is 12.0. The van der Waals surface area contributed by atoms with E-state index in [4.69, 9.17) is 0 Å². The van der Waals surface area contributed by atoms with Crippen molar-refractivity contribution in [1.82, 2.24) is 14.9 Å². The fourth-order valence-electron chi connectivity index (χ4n) is 3.22. The van der Waals surface area contributed by atoms with E-state index >= 15 is 0 Å². The van der Waals surface area contributed by atoms with Gasteiger partial charge in [0.15, 0.2) is 9.84 Å². The first-order valence-corrected chi connectivity index (χ1v) is 9.68. The molecule has 0 amide bonds. The predicted molar refractivity (Wildman–Crippen MR) is 90.0 cm³/mol. The Bertz CT molecular complexity index is 946. The molecule has 0 spiro atoms. The lowest BCUT2D eigenvalue weighted by Crippen LogP contribution is -2.51. The molecular weight excluding hydrogens is 330 g/mol. The number of sulfone groups is 1. The molecule has 0 aliphatic carbocycles. The number of hydrogen-bond donors (Lipinski definition) is 2. The quantitative estimate of drug-likeness (QED) is 0.871. The van der Waals surface area contributed by atoms with Gasteiger partial charge in [-0.05, 0) is 25.0 Å². The van der Waals surface area contributed by atoms with Gasteiger partial charge in [0.25, 0.3) is 0 Å². The summed E-state index contributed by atoms with van der Waals surface area (Å²) in [5.74, 6) is -0.199. The van der Waals surface area contributed by atoms with Crippen LogP contribution in [0.5, 0.6) is 0 Å². The van der Waals surface area contributed by atoms with Crippen LogP contribution in [0.3, 0.4) is 0 Å². The third-order valence-electron chi connectivity index (χ3n) is 4.93. The number of nitrogens with zero attached hydrogens (tertiary/aromatic N) is 2. The zero-order valence-electron chi connectivity index (χ0n) is 14.1. The van der Waals surface area contributed by atoms with Crippen molar-refractivity contribution in [3.8, 4) is 0 Å². The number of nitrogens with one attached hydrogen (secondary N) is 1. The predicted octanol–water partition coefficient (Wildman–Crippen LogP) is 1.61. The molecule has 0 bridgehead atoms. The van der Waals surface area contributed by atoms with Crippen molar-refractivity contribution < 1.29 is 18.3 Å². The number of hydrogen-bond acceptors (Lipinski definition) is 5. The molecule has 3 rings (SSSR count). The minimum absolute atomic E-state index is 0.171. The molecule has 0 saturated heterocycles. The number of imidazole rings is 1. The fourth-order valence-corrected chi connectivity index (χ4v) is 4.09. The molecule has 2 heterocycles. The summed E-state index contributed by atoms with van der Waals surface area (Å²) in [5.41, 5.74) is 0.570. The molecule has 0 unspecified atom stereocenters. The number of aromatic carboxylic acids is 1. The second kappa shape index (κ2) is 5.29. The zero-order valence-corrected chi connectivity index (χ0v) is 14.9. The standard InChI is InChI=1S/C16H21N3O4S/c1-9(2)16(3)15-18-11-7-10(14(20)21)13(24(4,22)23)8-12(11)19(15)6-5-17-16/h7-9,17H,5-6H2,1-4H3,(H,20,21)/t16-/m1/s1. The van der Waals surface area contributed by atoms with E-state index in [2.05, 4.69) is 31.1 Å². The molecule has 1 aromatic carbocycles. The topological polar surface area (TPSA) is 101 Å². The molecule has 0 radical (unpaired) electrons. The number of aromatic nitrogens is 2. The average Bonchev–Trinajstić information content (AvgIpc) is 2.84. The lowest BCUT2D eigenvalue weighted by molar-refractivity contribution is 0.0693. The van der Waals surface area contributed by atoms with Gasteiger partial charge in [-0.15, -0.1) is 0 Å². The number of carboxylic acid groups (broad SMARTS) is 1. The summed E-state index contributed by atoms with van der Waals surface area (Å²) in [5, 5.41) is 12.8. The Balaban J connectivity index is 2.37. The second-order valence-corrected chi connectivity index (χ2v) is 8.77. The van der Waals surface area contributed by atoms with Crippen molar-refractivity contribution in [3.05, 3.63) is 23.5 Å². The molecule has 2 aromatic rings. The van der Waals surface area contributed by atoms with Gasteiger partial charge < -0.3 is 15.0 Å². The summed E-state index contributed by atoms with van der Waals surface area (Å²) in [7, 11) is -3.66. The summed E-state index contributed by atoms with van der Waals surface area (Å²) in [6.07, 6.45) is 1.02. The molecule has 130 valence electrons. The van der Waals surface area contributed by atoms with Gasteiger partial charge in [-0.1, -0.05) is 13.8 Å². The van der Waals surface area contributed by atoms with Crippen LogP contribution in [0.25, 0.3) is 11.0 Å². The van der Waals surface area contributed by atoms with Crippen LogP contribution in [0.1, 0.15) is 37.0 Å². The average molecular weight is 351 g/mol. The summed E-state index contributed by atoms with van der Waals surface area (Å²) < 4.78 is 26.0. The SMILES string of the molecule is CC(C)[C@@]1(C)NCCn2c1nc1cc(C(=O)O)c(S(C)(=O)=O)cc12. The normalized spacial score (nSPS) is 21.2. The van der Waals surface area contributed by atoms with Crippen molar-refractivity contribution in [3.63, 3.8) is 0 Å². The Morgan fingerprint density at radius 2 is 2.08 bits per heavy atom.